The van der Waals surface area contributed by atoms with E-state index in [1.54, 1.807) is 30.3 Å². The maximum absolute atomic E-state index is 13.9. The molecule has 0 aliphatic carbocycles. The summed E-state index contributed by atoms with van der Waals surface area (Å²) in [6.07, 6.45) is 0. The van der Waals surface area contributed by atoms with Gasteiger partial charge in [-0.1, -0.05) is 23.7 Å². The number of hydrogen-bond acceptors (Lipinski definition) is 7. The minimum atomic E-state index is -1.22. The lowest BCUT2D eigenvalue weighted by atomic mass is 9.95. The predicted molar refractivity (Wildman–Crippen MR) is 141 cm³/mol. The third-order valence-corrected chi connectivity index (χ3v) is 6.81. The molecule has 0 spiro atoms. The molecular weight excluding hydrogens is 548 g/mol. The average molecular weight is 566 g/mol. The Morgan fingerprint density at radius 3 is 2.62 bits per heavy atom. The van der Waals surface area contributed by atoms with Crippen molar-refractivity contribution in [2.75, 3.05) is 19.1 Å². The number of aliphatic hydroxyl groups is 1. The van der Waals surface area contributed by atoms with E-state index in [0.29, 0.717) is 21.7 Å². The standard InChI is InChI=1S/C28H18ClF2N3O6/c1-38-15-5-3-4-12(7-15)23-22(24(35)20-8-13-6-14(29)9-21(39-2)26(13)40-20)25(36)27(37)34(23)28-32-18-10-16(30)17(31)11-19(18)33-28/h3-11,23,36H,1-2H3,(H,32,33). The Bertz CT molecular complexity index is 1860. The smallest absolute Gasteiger partial charge is 0.296 e. The molecule has 0 saturated heterocycles. The zero-order chi connectivity index (χ0) is 28.3. The van der Waals surface area contributed by atoms with Gasteiger partial charge in [-0.25, -0.2) is 13.8 Å². The minimum Gasteiger partial charge on any atom is -0.503 e. The number of furan rings is 1. The number of imidazole rings is 1. The van der Waals surface area contributed by atoms with Crippen LogP contribution in [0.3, 0.4) is 0 Å². The number of hydrogen-bond donors (Lipinski definition) is 2. The molecule has 12 heteroatoms. The van der Waals surface area contributed by atoms with Gasteiger partial charge in [-0.15, -0.1) is 0 Å². The number of aromatic amines is 1. The third kappa shape index (κ3) is 3.93. The van der Waals surface area contributed by atoms with E-state index in [9.17, 15) is 23.5 Å². The number of ketones is 1. The van der Waals surface area contributed by atoms with Crippen LogP contribution < -0.4 is 14.4 Å². The van der Waals surface area contributed by atoms with Crippen molar-refractivity contribution in [2.24, 2.45) is 0 Å². The average Bonchev–Trinajstić information content (AvgIpc) is 3.62. The highest BCUT2D eigenvalue weighted by atomic mass is 35.5. The van der Waals surface area contributed by atoms with Crippen LogP contribution in [-0.4, -0.2) is 41.0 Å². The SMILES string of the molecule is COc1cccc(C2C(C(=O)c3cc4cc(Cl)cc(OC)c4o3)=C(O)C(=O)N2c2nc3cc(F)c(F)cc3[nH]2)c1. The van der Waals surface area contributed by atoms with Crippen LogP contribution in [0.1, 0.15) is 22.2 Å². The molecule has 1 aliphatic heterocycles. The highest BCUT2D eigenvalue weighted by Crippen LogP contribution is 2.43. The molecule has 1 amide bonds. The second-order valence-electron chi connectivity index (χ2n) is 8.93. The zero-order valence-corrected chi connectivity index (χ0v) is 21.5. The van der Waals surface area contributed by atoms with Crippen LogP contribution in [0.4, 0.5) is 14.7 Å². The molecule has 0 radical (unpaired) electrons. The molecule has 1 aliphatic rings. The molecule has 2 N–H and O–H groups in total. The van der Waals surface area contributed by atoms with Gasteiger partial charge < -0.3 is 24.0 Å². The Morgan fingerprint density at radius 1 is 1.10 bits per heavy atom. The lowest BCUT2D eigenvalue weighted by Gasteiger charge is -2.24. The number of nitrogens with zero attached hydrogens (tertiary/aromatic N) is 2. The minimum absolute atomic E-state index is 0.0339. The maximum Gasteiger partial charge on any atom is 0.296 e. The number of aromatic nitrogens is 2. The van der Waals surface area contributed by atoms with E-state index >= 15 is 0 Å². The van der Waals surface area contributed by atoms with E-state index in [2.05, 4.69) is 9.97 Å². The third-order valence-electron chi connectivity index (χ3n) is 6.59. The van der Waals surface area contributed by atoms with Gasteiger partial charge in [0.15, 0.2) is 34.5 Å². The predicted octanol–water partition coefficient (Wildman–Crippen LogP) is 6.04. The molecule has 9 nitrogen and oxygen atoms in total. The molecule has 1 unspecified atom stereocenters. The summed E-state index contributed by atoms with van der Waals surface area (Å²) < 4.78 is 44.2. The van der Waals surface area contributed by atoms with Gasteiger partial charge in [-0.05, 0) is 29.8 Å². The number of nitrogens with one attached hydrogen (secondary N) is 1. The van der Waals surface area contributed by atoms with Crippen LogP contribution in [0.15, 0.2) is 70.3 Å². The largest absolute Gasteiger partial charge is 0.503 e. The van der Waals surface area contributed by atoms with Crippen molar-refractivity contribution in [3.05, 3.63) is 93.9 Å². The lowest BCUT2D eigenvalue weighted by molar-refractivity contribution is -0.117. The number of ether oxygens (including phenoxy) is 2. The van der Waals surface area contributed by atoms with Crippen molar-refractivity contribution >= 4 is 51.2 Å². The van der Waals surface area contributed by atoms with Crippen LogP contribution in [0, 0.1) is 11.6 Å². The summed E-state index contributed by atoms with van der Waals surface area (Å²) in [5, 5.41) is 11.9. The highest BCUT2D eigenvalue weighted by Gasteiger charge is 2.47. The number of fused-ring (bicyclic) bond motifs is 2. The summed E-state index contributed by atoms with van der Waals surface area (Å²) in [5.41, 5.74) is 0.462. The van der Waals surface area contributed by atoms with Gasteiger partial charge >= 0.3 is 0 Å². The van der Waals surface area contributed by atoms with E-state index in [4.69, 9.17) is 25.5 Å². The van der Waals surface area contributed by atoms with Gasteiger partial charge in [0.05, 0.1) is 36.9 Å². The van der Waals surface area contributed by atoms with E-state index in [0.717, 1.165) is 17.0 Å². The first-order valence-corrected chi connectivity index (χ1v) is 12.1. The van der Waals surface area contributed by atoms with E-state index in [1.807, 2.05) is 0 Å². The monoisotopic (exact) mass is 565 g/mol. The number of halogens is 3. The normalized spacial score (nSPS) is 15.5. The second-order valence-corrected chi connectivity index (χ2v) is 9.36. The van der Waals surface area contributed by atoms with E-state index in [1.165, 1.54) is 26.4 Å². The van der Waals surface area contributed by atoms with Crippen molar-refractivity contribution in [3.63, 3.8) is 0 Å². The number of benzene rings is 3. The number of aliphatic hydroxyl groups excluding tert-OH is 1. The van der Waals surface area contributed by atoms with Gasteiger partial charge in [0.25, 0.3) is 5.91 Å². The number of methoxy groups -OCH3 is 2. The highest BCUT2D eigenvalue weighted by molar-refractivity contribution is 6.31. The van der Waals surface area contributed by atoms with Crippen molar-refractivity contribution in [2.45, 2.75) is 6.04 Å². The van der Waals surface area contributed by atoms with Gasteiger partial charge in [0.1, 0.15) is 5.75 Å². The molecule has 6 rings (SSSR count). The fourth-order valence-electron chi connectivity index (χ4n) is 4.77. The van der Waals surface area contributed by atoms with Gasteiger partial charge in [-0.2, -0.15) is 0 Å². The maximum atomic E-state index is 13.9. The fourth-order valence-corrected chi connectivity index (χ4v) is 4.99. The second kappa shape index (κ2) is 9.38. The zero-order valence-electron chi connectivity index (χ0n) is 20.8. The van der Waals surface area contributed by atoms with Gasteiger partial charge in [0.2, 0.25) is 11.7 Å². The number of carbonyl (C=O) groups is 2. The van der Waals surface area contributed by atoms with E-state index < -0.39 is 35.1 Å². The Kier molecular flexibility index (Phi) is 5.95. The molecular formula is C28H18ClF2N3O6. The van der Waals surface area contributed by atoms with Crippen LogP contribution in [0.25, 0.3) is 22.0 Å². The molecule has 2 aromatic heterocycles. The van der Waals surface area contributed by atoms with Crippen LogP contribution >= 0.6 is 11.6 Å². The molecule has 1 atom stereocenters. The van der Waals surface area contributed by atoms with E-state index in [-0.39, 0.29) is 39.6 Å². The molecule has 3 heterocycles. The molecule has 0 fully saturated rings. The lowest BCUT2D eigenvalue weighted by Crippen LogP contribution is -2.32. The number of Topliss-reactive ketones (excluding diaryl/α,β-unsaturated/α-hetero) is 1. The van der Waals surface area contributed by atoms with Crippen molar-refractivity contribution in [3.8, 4) is 11.5 Å². The molecule has 0 bridgehead atoms. The quantitative estimate of drug-likeness (QED) is 0.241. The van der Waals surface area contributed by atoms with Crippen molar-refractivity contribution in [1.82, 2.24) is 9.97 Å². The summed E-state index contributed by atoms with van der Waals surface area (Å²) in [4.78, 5) is 35.4. The van der Waals surface area contributed by atoms with Gasteiger partial charge in [0, 0.05) is 28.6 Å². The fraction of sp³-hybridized carbons (Fsp3) is 0.107. The molecule has 3 aromatic carbocycles. The summed E-state index contributed by atoms with van der Waals surface area (Å²) in [6.45, 7) is 0. The molecule has 40 heavy (non-hydrogen) atoms. The molecule has 202 valence electrons. The number of rotatable bonds is 6. The summed E-state index contributed by atoms with van der Waals surface area (Å²) in [7, 11) is 2.87. The number of amides is 1. The Hall–Kier alpha value is -4.90. The number of H-pyrrole nitrogens is 1. The molecule has 5 aromatic rings. The number of carbonyl (C=O) groups excluding carboxylic acids is 2. The first-order chi connectivity index (χ1) is 19.2. The number of anilines is 1. The summed E-state index contributed by atoms with van der Waals surface area (Å²) >= 11 is 6.16. The topological polar surface area (TPSA) is 118 Å². The van der Waals surface area contributed by atoms with Crippen LogP contribution in [-0.2, 0) is 4.79 Å². The Labute approximate surface area is 229 Å². The molecule has 0 saturated carbocycles. The van der Waals surface area contributed by atoms with Crippen LogP contribution in [0.2, 0.25) is 5.02 Å². The van der Waals surface area contributed by atoms with Crippen molar-refractivity contribution < 1.29 is 37.4 Å². The Balaban J connectivity index is 1.52. The van der Waals surface area contributed by atoms with Gasteiger partial charge in [-0.3, -0.25) is 14.5 Å². The van der Waals surface area contributed by atoms with Crippen LogP contribution in [0.5, 0.6) is 11.5 Å². The first kappa shape index (κ1) is 25.4. The summed E-state index contributed by atoms with van der Waals surface area (Å²) in [5.74, 6) is -4.47. The first-order valence-electron chi connectivity index (χ1n) is 11.8. The summed E-state index contributed by atoms with van der Waals surface area (Å²) in [6, 6.07) is 11.6. The Morgan fingerprint density at radius 2 is 1.88 bits per heavy atom. The van der Waals surface area contributed by atoms with Crippen molar-refractivity contribution in [1.29, 1.82) is 0 Å².